The minimum atomic E-state index is -0.338. The smallest absolute Gasteiger partial charge is 0.292 e. The van der Waals surface area contributed by atoms with E-state index in [2.05, 4.69) is 10.6 Å². The van der Waals surface area contributed by atoms with Crippen LogP contribution in [0.25, 0.3) is 0 Å². The molecule has 1 aliphatic heterocycles. The molecule has 0 saturated heterocycles. The maximum atomic E-state index is 11.5. The highest BCUT2D eigenvalue weighted by Gasteiger charge is 2.25. The molecule has 1 heterocycles. The second-order valence-electron chi connectivity index (χ2n) is 6.35. The summed E-state index contributed by atoms with van der Waals surface area (Å²) in [5.74, 6) is 1.30. The monoisotopic (exact) mass is 357 g/mol. The van der Waals surface area contributed by atoms with E-state index in [0.717, 1.165) is 35.3 Å². The van der Waals surface area contributed by atoms with Crippen LogP contribution < -0.4 is 20.1 Å². The molecule has 0 bridgehead atoms. The molecular weight excluding hydrogens is 334 g/mol. The van der Waals surface area contributed by atoms with Crippen molar-refractivity contribution in [2.45, 2.75) is 26.3 Å². The number of ether oxygens (including phenoxy) is 2. The van der Waals surface area contributed by atoms with Gasteiger partial charge in [-0.15, -0.1) is 0 Å². The van der Waals surface area contributed by atoms with E-state index in [9.17, 15) is 10.1 Å². The number of fused-ring (bicyclic) bond motifs is 1. The van der Waals surface area contributed by atoms with E-state index in [-0.39, 0.29) is 16.7 Å². The fourth-order valence-corrected chi connectivity index (χ4v) is 3.45. The third kappa shape index (κ3) is 3.12. The SMILES string of the molecule is COc1cc(C)c(C(C)Nc2c([N+](=O)[O-])ccc3c2CCN3)cc1OC. The topological polar surface area (TPSA) is 85.7 Å². The lowest BCUT2D eigenvalue weighted by Gasteiger charge is -2.21. The summed E-state index contributed by atoms with van der Waals surface area (Å²) in [6, 6.07) is 7.02. The van der Waals surface area contributed by atoms with Crippen molar-refractivity contribution < 1.29 is 14.4 Å². The summed E-state index contributed by atoms with van der Waals surface area (Å²) < 4.78 is 10.7. The largest absolute Gasteiger partial charge is 0.493 e. The van der Waals surface area contributed by atoms with Gasteiger partial charge in [0.1, 0.15) is 5.69 Å². The maximum absolute atomic E-state index is 11.5. The van der Waals surface area contributed by atoms with Gasteiger partial charge in [0.05, 0.1) is 19.1 Å². The highest BCUT2D eigenvalue weighted by Crippen LogP contribution is 2.40. The van der Waals surface area contributed by atoms with Crippen LogP contribution in [0, 0.1) is 17.0 Å². The van der Waals surface area contributed by atoms with E-state index in [0.29, 0.717) is 17.2 Å². The molecule has 2 aromatic rings. The minimum Gasteiger partial charge on any atom is -0.493 e. The van der Waals surface area contributed by atoms with E-state index >= 15 is 0 Å². The third-order valence-electron chi connectivity index (χ3n) is 4.78. The Kier molecular flexibility index (Phi) is 4.88. The Labute approximate surface area is 152 Å². The Balaban J connectivity index is 2.00. The van der Waals surface area contributed by atoms with Gasteiger partial charge < -0.3 is 20.1 Å². The van der Waals surface area contributed by atoms with E-state index in [1.165, 1.54) is 0 Å². The third-order valence-corrected chi connectivity index (χ3v) is 4.78. The lowest BCUT2D eigenvalue weighted by molar-refractivity contribution is -0.384. The van der Waals surface area contributed by atoms with Crippen LogP contribution >= 0.6 is 0 Å². The molecule has 3 rings (SSSR count). The van der Waals surface area contributed by atoms with E-state index in [4.69, 9.17) is 9.47 Å². The van der Waals surface area contributed by atoms with E-state index in [1.807, 2.05) is 26.0 Å². The van der Waals surface area contributed by atoms with Gasteiger partial charge in [-0.05, 0) is 49.6 Å². The van der Waals surface area contributed by atoms with Crippen molar-refractivity contribution >= 4 is 17.1 Å². The van der Waals surface area contributed by atoms with Crippen LogP contribution in [0.15, 0.2) is 24.3 Å². The van der Waals surface area contributed by atoms with Gasteiger partial charge in [0.2, 0.25) is 0 Å². The minimum absolute atomic E-state index is 0.0948. The quantitative estimate of drug-likeness (QED) is 0.599. The number of nitrogens with one attached hydrogen (secondary N) is 2. The van der Waals surface area contributed by atoms with Crippen LogP contribution in [0.3, 0.4) is 0 Å². The lowest BCUT2D eigenvalue weighted by atomic mass is 10.00. The Bertz CT molecular complexity index is 851. The number of nitrogens with zero attached hydrogens (tertiary/aromatic N) is 1. The normalized spacial score (nSPS) is 13.5. The molecular formula is C19H23N3O4. The number of methoxy groups -OCH3 is 2. The molecule has 0 saturated carbocycles. The molecule has 0 fully saturated rings. The van der Waals surface area contributed by atoms with Gasteiger partial charge in [-0.2, -0.15) is 0 Å². The number of anilines is 2. The zero-order valence-corrected chi connectivity index (χ0v) is 15.4. The number of aryl methyl sites for hydroxylation is 1. The first-order valence-corrected chi connectivity index (χ1v) is 8.49. The van der Waals surface area contributed by atoms with Crippen LogP contribution in [0.4, 0.5) is 17.1 Å². The second-order valence-corrected chi connectivity index (χ2v) is 6.35. The maximum Gasteiger partial charge on any atom is 0.292 e. The summed E-state index contributed by atoms with van der Waals surface area (Å²) in [6.07, 6.45) is 0.761. The summed E-state index contributed by atoms with van der Waals surface area (Å²) >= 11 is 0. The summed E-state index contributed by atoms with van der Waals surface area (Å²) in [4.78, 5) is 11.2. The lowest BCUT2D eigenvalue weighted by Crippen LogP contribution is -2.12. The predicted octanol–water partition coefficient (Wildman–Crippen LogP) is 4.06. The van der Waals surface area contributed by atoms with Gasteiger partial charge in [-0.25, -0.2) is 0 Å². The van der Waals surface area contributed by atoms with Gasteiger partial charge in [0.15, 0.2) is 11.5 Å². The molecule has 0 aliphatic carbocycles. The van der Waals surface area contributed by atoms with Crippen molar-refractivity contribution in [3.63, 3.8) is 0 Å². The molecule has 7 heteroatoms. The first-order valence-electron chi connectivity index (χ1n) is 8.49. The number of hydrogen-bond donors (Lipinski definition) is 2. The Hall–Kier alpha value is -2.96. The van der Waals surface area contributed by atoms with Crippen molar-refractivity contribution in [3.05, 3.63) is 51.1 Å². The standard InChI is InChI=1S/C19H23N3O4/c1-11-9-17(25-3)18(26-4)10-14(11)12(2)21-19-13-7-8-20-15(13)5-6-16(19)22(23)24/h5-6,9-10,12,20-21H,7-8H2,1-4H3. The van der Waals surface area contributed by atoms with Crippen LogP contribution in [0.2, 0.25) is 0 Å². The van der Waals surface area contributed by atoms with E-state index < -0.39 is 0 Å². The number of rotatable bonds is 6. The van der Waals surface area contributed by atoms with Crippen LogP contribution in [-0.4, -0.2) is 25.7 Å². The van der Waals surface area contributed by atoms with Crippen LogP contribution in [-0.2, 0) is 6.42 Å². The molecule has 0 aromatic heterocycles. The first-order chi connectivity index (χ1) is 12.5. The highest BCUT2D eigenvalue weighted by molar-refractivity contribution is 5.77. The van der Waals surface area contributed by atoms with Gasteiger partial charge in [-0.1, -0.05) is 0 Å². The van der Waals surface area contributed by atoms with Gasteiger partial charge in [0, 0.05) is 29.9 Å². The van der Waals surface area contributed by atoms with Gasteiger partial charge in [0.25, 0.3) is 5.69 Å². The van der Waals surface area contributed by atoms with Crippen molar-refractivity contribution in [2.75, 3.05) is 31.4 Å². The zero-order valence-electron chi connectivity index (χ0n) is 15.4. The number of nitro groups is 1. The molecule has 7 nitrogen and oxygen atoms in total. The number of hydrogen-bond acceptors (Lipinski definition) is 6. The molecule has 0 spiro atoms. The second kappa shape index (κ2) is 7.11. The molecule has 0 radical (unpaired) electrons. The average Bonchev–Trinajstić information content (AvgIpc) is 3.10. The molecule has 1 atom stereocenters. The molecule has 2 aromatic carbocycles. The van der Waals surface area contributed by atoms with Crippen molar-refractivity contribution in [1.29, 1.82) is 0 Å². The van der Waals surface area contributed by atoms with Crippen LogP contribution in [0.5, 0.6) is 11.5 Å². The summed E-state index contributed by atoms with van der Waals surface area (Å²) in [5, 5.41) is 18.1. The van der Waals surface area contributed by atoms with Crippen molar-refractivity contribution in [2.24, 2.45) is 0 Å². The summed E-state index contributed by atoms with van der Waals surface area (Å²) in [7, 11) is 3.19. The van der Waals surface area contributed by atoms with Gasteiger partial charge in [-0.3, -0.25) is 10.1 Å². The fourth-order valence-electron chi connectivity index (χ4n) is 3.45. The van der Waals surface area contributed by atoms with E-state index in [1.54, 1.807) is 26.4 Å². The Morgan fingerprint density at radius 2 is 1.92 bits per heavy atom. The molecule has 1 unspecified atom stereocenters. The van der Waals surface area contributed by atoms with Crippen molar-refractivity contribution in [1.82, 2.24) is 0 Å². The Morgan fingerprint density at radius 3 is 2.58 bits per heavy atom. The molecule has 2 N–H and O–H groups in total. The molecule has 138 valence electrons. The van der Waals surface area contributed by atoms with Gasteiger partial charge >= 0.3 is 0 Å². The predicted molar refractivity (Wildman–Crippen MR) is 102 cm³/mol. The number of nitro benzene ring substituents is 1. The number of benzene rings is 2. The first kappa shape index (κ1) is 17.8. The summed E-state index contributed by atoms with van der Waals surface area (Å²) in [5.41, 5.74) is 4.62. The fraction of sp³-hybridized carbons (Fsp3) is 0.368. The molecule has 0 amide bonds. The van der Waals surface area contributed by atoms with Crippen molar-refractivity contribution in [3.8, 4) is 11.5 Å². The zero-order chi connectivity index (χ0) is 18.8. The average molecular weight is 357 g/mol. The molecule has 1 aliphatic rings. The molecule has 26 heavy (non-hydrogen) atoms. The van der Waals surface area contributed by atoms with Crippen LogP contribution in [0.1, 0.15) is 29.7 Å². The Morgan fingerprint density at radius 1 is 1.23 bits per heavy atom. The summed E-state index contributed by atoms with van der Waals surface area (Å²) in [6.45, 7) is 4.76. The highest BCUT2D eigenvalue weighted by atomic mass is 16.6.